The molecule has 0 spiro atoms. The van der Waals surface area contributed by atoms with Crippen molar-refractivity contribution in [2.75, 3.05) is 13.2 Å². The second kappa shape index (κ2) is 4.47. The summed E-state index contributed by atoms with van der Waals surface area (Å²) in [6, 6.07) is 3.58. The second-order valence-corrected chi connectivity index (χ2v) is 4.38. The third kappa shape index (κ3) is 2.23. The van der Waals surface area contributed by atoms with E-state index in [1.807, 2.05) is 0 Å². The summed E-state index contributed by atoms with van der Waals surface area (Å²) in [7, 11) is 0. The van der Waals surface area contributed by atoms with Gasteiger partial charge in [0.25, 0.3) is 0 Å². The molecule has 2 N–H and O–H groups in total. The summed E-state index contributed by atoms with van der Waals surface area (Å²) in [6.45, 7) is 0.813. The van der Waals surface area contributed by atoms with E-state index in [0.29, 0.717) is 12.0 Å². The Bertz CT molecular complexity index is 375. The van der Waals surface area contributed by atoms with Crippen LogP contribution in [0.5, 0.6) is 0 Å². The van der Waals surface area contributed by atoms with Gasteiger partial charge in [-0.3, -0.25) is 0 Å². The minimum atomic E-state index is -0.571. The summed E-state index contributed by atoms with van der Waals surface area (Å²) in [5, 5.41) is 12.6. The summed E-state index contributed by atoms with van der Waals surface area (Å²) in [5.74, 6) is -1.11. The largest absolute Gasteiger partial charge is 0.394 e. The maximum atomic E-state index is 13.5. The van der Waals surface area contributed by atoms with Gasteiger partial charge in [0.1, 0.15) is 11.6 Å². The molecule has 0 radical (unpaired) electrons. The van der Waals surface area contributed by atoms with Crippen LogP contribution in [-0.2, 0) is 6.42 Å². The van der Waals surface area contributed by atoms with Gasteiger partial charge in [-0.1, -0.05) is 6.07 Å². The lowest BCUT2D eigenvalue weighted by molar-refractivity contribution is 0.176. The van der Waals surface area contributed by atoms with E-state index < -0.39 is 17.2 Å². The molecular weight excluding hydrogens is 212 g/mol. The normalized spacial score (nSPS) is 24.9. The third-order valence-electron chi connectivity index (χ3n) is 3.18. The molecule has 1 atom stereocenters. The van der Waals surface area contributed by atoms with E-state index in [9.17, 15) is 13.9 Å². The number of aliphatic hydroxyl groups excluding tert-OH is 1. The molecule has 88 valence electrons. The monoisotopic (exact) mass is 227 g/mol. The maximum Gasteiger partial charge on any atom is 0.129 e. The van der Waals surface area contributed by atoms with Gasteiger partial charge in [-0.2, -0.15) is 0 Å². The standard InChI is InChI=1S/C12H15F2NO/c13-10-3-2-9(11(14)6-10)7-12(8-16)4-1-5-15-12/h2-3,6,15-16H,1,4-5,7-8H2. The van der Waals surface area contributed by atoms with Gasteiger partial charge < -0.3 is 10.4 Å². The van der Waals surface area contributed by atoms with Crippen molar-refractivity contribution in [2.45, 2.75) is 24.8 Å². The Morgan fingerprint density at radius 3 is 2.75 bits per heavy atom. The van der Waals surface area contributed by atoms with Crippen molar-refractivity contribution >= 4 is 0 Å². The second-order valence-electron chi connectivity index (χ2n) is 4.38. The number of rotatable bonds is 3. The van der Waals surface area contributed by atoms with Crippen LogP contribution in [0.1, 0.15) is 18.4 Å². The Morgan fingerprint density at radius 1 is 1.38 bits per heavy atom. The van der Waals surface area contributed by atoms with Gasteiger partial charge in [-0.05, 0) is 37.4 Å². The Kier molecular flexibility index (Phi) is 3.21. The first kappa shape index (κ1) is 11.5. The van der Waals surface area contributed by atoms with E-state index in [4.69, 9.17) is 0 Å². The highest BCUT2D eigenvalue weighted by atomic mass is 19.1. The highest BCUT2D eigenvalue weighted by molar-refractivity contribution is 5.21. The maximum absolute atomic E-state index is 13.5. The molecule has 1 heterocycles. The number of hydrogen-bond donors (Lipinski definition) is 2. The van der Waals surface area contributed by atoms with Gasteiger partial charge >= 0.3 is 0 Å². The molecule has 1 aliphatic rings. The summed E-state index contributed by atoms with van der Waals surface area (Å²) in [6.07, 6.45) is 2.19. The average molecular weight is 227 g/mol. The van der Waals surface area contributed by atoms with Gasteiger partial charge in [-0.25, -0.2) is 8.78 Å². The van der Waals surface area contributed by atoms with Crippen LogP contribution < -0.4 is 5.32 Å². The first-order valence-corrected chi connectivity index (χ1v) is 5.45. The van der Waals surface area contributed by atoms with Gasteiger partial charge in [0, 0.05) is 11.6 Å². The summed E-state index contributed by atoms with van der Waals surface area (Å²) >= 11 is 0. The first-order chi connectivity index (χ1) is 7.65. The fourth-order valence-electron chi connectivity index (χ4n) is 2.24. The van der Waals surface area contributed by atoms with E-state index in [1.54, 1.807) is 0 Å². The number of nitrogens with one attached hydrogen (secondary N) is 1. The van der Waals surface area contributed by atoms with Crippen LogP contribution >= 0.6 is 0 Å². The predicted octanol–water partition coefficient (Wildman–Crippen LogP) is 1.62. The topological polar surface area (TPSA) is 32.3 Å². The summed E-state index contributed by atoms with van der Waals surface area (Å²) in [4.78, 5) is 0. The molecule has 16 heavy (non-hydrogen) atoms. The summed E-state index contributed by atoms with van der Waals surface area (Å²) < 4.78 is 26.2. The molecule has 1 saturated heterocycles. The van der Waals surface area contributed by atoms with Gasteiger partial charge in [0.05, 0.1) is 6.61 Å². The molecule has 1 aliphatic heterocycles. The number of benzene rings is 1. The molecule has 0 amide bonds. The number of aliphatic hydroxyl groups is 1. The van der Waals surface area contributed by atoms with Crippen LogP contribution in [-0.4, -0.2) is 23.8 Å². The van der Waals surface area contributed by atoms with E-state index in [2.05, 4.69) is 5.32 Å². The van der Waals surface area contributed by atoms with E-state index in [0.717, 1.165) is 25.5 Å². The smallest absolute Gasteiger partial charge is 0.129 e. The van der Waals surface area contributed by atoms with Crippen molar-refractivity contribution in [3.63, 3.8) is 0 Å². The van der Waals surface area contributed by atoms with Crippen LogP contribution in [0.2, 0.25) is 0 Å². The Hall–Kier alpha value is -1.00. The fourth-order valence-corrected chi connectivity index (χ4v) is 2.24. The van der Waals surface area contributed by atoms with Crippen LogP contribution in [0.4, 0.5) is 8.78 Å². The van der Waals surface area contributed by atoms with E-state index in [1.165, 1.54) is 12.1 Å². The zero-order valence-corrected chi connectivity index (χ0v) is 8.97. The van der Waals surface area contributed by atoms with E-state index in [-0.39, 0.29) is 6.61 Å². The highest BCUT2D eigenvalue weighted by Crippen LogP contribution is 2.25. The molecule has 1 aromatic carbocycles. The average Bonchev–Trinajstić information content (AvgIpc) is 2.72. The molecule has 0 aromatic heterocycles. The van der Waals surface area contributed by atoms with E-state index >= 15 is 0 Å². The van der Waals surface area contributed by atoms with Crippen molar-refractivity contribution in [1.82, 2.24) is 5.32 Å². The van der Waals surface area contributed by atoms with Gasteiger partial charge in [0.15, 0.2) is 0 Å². The Labute approximate surface area is 93.3 Å². The van der Waals surface area contributed by atoms with Crippen molar-refractivity contribution in [2.24, 2.45) is 0 Å². The lowest BCUT2D eigenvalue weighted by Gasteiger charge is -2.27. The summed E-state index contributed by atoms with van der Waals surface area (Å²) in [5.41, 5.74) is 0.0171. The van der Waals surface area contributed by atoms with Crippen molar-refractivity contribution in [1.29, 1.82) is 0 Å². The number of hydrogen-bond acceptors (Lipinski definition) is 2. The zero-order valence-electron chi connectivity index (χ0n) is 8.97. The van der Waals surface area contributed by atoms with Crippen molar-refractivity contribution in [3.05, 3.63) is 35.4 Å². The Morgan fingerprint density at radius 2 is 2.19 bits per heavy atom. The van der Waals surface area contributed by atoms with Crippen molar-refractivity contribution < 1.29 is 13.9 Å². The minimum absolute atomic E-state index is 0.0240. The molecule has 1 aromatic rings. The van der Waals surface area contributed by atoms with Crippen LogP contribution in [0.3, 0.4) is 0 Å². The zero-order chi connectivity index (χ0) is 11.6. The molecular formula is C12H15F2NO. The molecule has 0 saturated carbocycles. The van der Waals surface area contributed by atoms with Crippen molar-refractivity contribution in [3.8, 4) is 0 Å². The molecule has 4 heteroatoms. The van der Waals surface area contributed by atoms with Crippen LogP contribution in [0.15, 0.2) is 18.2 Å². The SMILES string of the molecule is OCC1(Cc2ccc(F)cc2F)CCCN1. The molecule has 1 unspecified atom stereocenters. The third-order valence-corrected chi connectivity index (χ3v) is 3.18. The first-order valence-electron chi connectivity index (χ1n) is 5.45. The number of halogens is 2. The quantitative estimate of drug-likeness (QED) is 0.822. The Balaban J connectivity index is 2.19. The molecule has 0 aliphatic carbocycles. The highest BCUT2D eigenvalue weighted by Gasteiger charge is 2.33. The van der Waals surface area contributed by atoms with Gasteiger partial charge in [0.2, 0.25) is 0 Å². The van der Waals surface area contributed by atoms with Gasteiger partial charge in [-0.15, -0.1) is 0 Å². The molecule has 2 nitrogen and oxygen atoms in total. The molecule has 2 rings (SSSR count). The predicted molar refractivity (Wildman–Crippen MR) is 57.1 cm³/mol. The molecule has 1 fully saturated rings. The minimum Gasteiger partial charge on any atom is -0.394 e. The lowest BCUT2D eigenvalue weighted by Crippen LogP contribution is -2.45. The lowest BCUT2D eigenvalue weighted by atomic mass is 9.90. The molecule has 0 bridgehead atoms. The van der Waals surface area contributed by atoms with Crippen LogP contribution in [0, 0.1) is 11.6 Å². The van der Waals surface area contributed by atoms with Crippen LogP contribution in [0.25, 0.3) is 0 Å². The fraction of sp³-hybridized carbons (Fsp3) is 0.500.